The van der Waals surface area contributed by atoms with Gasteiger partial charge in [0.25, 0.3) is 5.91 Å². The number of fused-ring (bicyclic) bond motifs is 4. The van der Waals surface area contributed by atoms with Gasteiger partial charge in [-0.1, -0.05) is 24.3 Å². The van der Waals surface area contributed by atoms with Crippen molar-refractivity contribution in [1.82, 2.24) is 24.0 Å². The number of carbonyl (C=O) groups excluding carboxylic acids is 1. The standard InChI is InChI=1S/C34H37N7O4S/c1-39-31-26(13-24(15-29(31)45-2)34(42)41-17-23-10-12-27(41)30(23)35)38-33(39)28-14-22-9-11-25(37-32(22)40(28)16-19-3-4-19)21-7-5-20(6-8-21)18-46(36,43)44/h5-9,11,13-15,19,23,27,30H,3-4,10,12,16-18,35H2,1-2H3,(H2,36,43,44). The van der Waals surface area contributed by atoms with Crippen LogP contribution in [0.15, 0.2) is 54.6 Å². The average Bonchev–Trinajstić information content (AvgIpc) is 3.44. The fourth-order valence-electron chi connectivity index (χ4n) is 7.49. The first-order valence-corrected chi connectivity index (χ1v) is 17.5. The third-order valence-electron chi connectivity index (χ3n) is 10.0. The molecule has 4 N–H and O–H groups in total. The van der Waals surface area contributed by atoms with Gasteiger partial charge < -0.3 is 24.5 Å². The summed E-state index contributed by atoms with van der Waals surface area (Å²) < 4.78 is 33.2. The SMILES string of the molecule is COc1cc(C(=O)N2CC3CCC2C3N)cc2nc(-c3cc4ccc(-c5ccc(CS(N)(=O)=O)cc5)nc4n3CC3CC3)n(C)c12. The molecule has 1 amide bonds. The minimum Gasteiger partial charge on any atom is -0.494 e. The number of methoxy groups -OCH3 is 1. The zero-order valence-electron chi connectivity index (χ0n) is 25.9. The van der Waals surface area contributed by atoms with E-state index in [4.69, 9.17) is 25.6 Å². The van der Waals surface area contributed by atoms with Crippen molar-refractivity contribution in [2.75, 3.05) is 13.7 Å². The van der Waals surface area contributed by atoms with Crippen LogP contribution in [0.4, 0.5) is 0 Å². The van der Waals surface area contributed by atoms with Crippen molar-refractivity contribution >= 4 is 38.0 Å². The molecule has 1 aliphatic heterocycles. The van der Waals surface area contributed by atoms with Crippen LogP contribution in [-0.4, -0.2) is 64.1 Å². The molecular formula is C34H37N7O4S. The first kappa shape index (κ1) is 29.2. The zero-order chi connectivity index (χ0) is 31.9. The number of aromatic nitrogens is 4. The molecule has 11 nitrogen and oxygen atoms in total. The minimum absolute atomic E-state index is 0.0210. The molecule has 0 radical (unpaired) electrons. The number of carbonyl (C=O) groups is 1. The number of likely N-dealkylation sites (tertiary alicyclic amines) is 1. The van der Waals surface area contributed by atoms with Crippen LogP contribution in [0.2, 0.25) is 0 Å². The van der Waals surface area contributed by atoms with E-state index in [1.807, 2.05) is 46.8 Å². The van der Waals surface area contributed by atoms with Gasteiger partial charge >= 0.3 is 0 Å². The summed E-state index contributed by atoms with van der Waals surface area (Å²) in [7, 11) is -0.00323. The Morgan fingerprint density at radius 1 is 1.02 bits per heavy atom. The molecule has 46 heavy (non-hydrogen) atoms. The lowest BCUT2D eigenvalue weighted by molar-refractivity contribution is 0.0700. The molecule has 8 rings (SSSR count). The third kappa shape index (κ3) is 4.95. The number of piperidine rings is 1. The van der Waals surface area contributed by atoms with Gasteiger partial charge in [-0.05, 0) is 73.4 Å². The maximum atomic E-state index is 13.7. The van der Waals surface area contributed by atoms with Crippen molar-refractivity contribution in [3.8, 4) is 28.5 Å². The Bertz CT molecular complexity index is 2130. The maximum absolute atomic E-state index is 13.7. The molecule has 4 heterocycles. The van der Waals surface area contributed by atoms with Gasteiger partial charge in [0, 0.05) is 48.7 Å². The molecule has 3 aromatic heterocycles. The van der Waals surface area contributed by atoms with Crippen LogP contribution in [0.25, 0.3) is 44.8 Å². The number of ether oxygens (including phenoxy) is 1. The number of sulfonamides is 1. The summed E-state index contributed by atoms with van der Waals surface area (Å²) in [6, 6.07) is 17.3. The topological polar surface area (TPSA) is 151 Å². The van der Waals surface area contributed by atoms with Gasteiger partial charge in [0.2, 0.25) is 10.0 Å². The molecule has 12 heteroatoms. The first-order chi connectivity index (χ1) is 22.1. The predicted octanol–water partition coefficient (Wildman–Crippen LogP) is 4.03. The van der Waals surface area contributed by atoms with E-state index in [2.05, 4.69) is 16.7 Å². The van der Waals surface area contributed by atoms with Gasteiger partial charge in [-0.25, -0.2) is 23.5 Å². The van der Waals surface area contributed by atoms with Crippen LogP contribution in [0.5, 0.6) is 5.75 Å². The average molecular weight is 640 g/mol. The fourth-order valence-corrected chi connectivity index (χ4v) is 8.14. The highest BCUT2D eigenvalue weighted by molar-refractivity contribution is 7.88. The van der Waals surface area contributed by atoms with Crippen LogP contribution in [-0.2, 0) is 29.4 Å². The van der Waals surface area contributed by atoms with Gasteiger partial charge in [-0.3, -0.25) is 4.79 Å². The second-order valence-corrected chi connectivity index (χ2v) is 14.8. The lowest BCUT2D eigenvalue weighted by Crippen LogP contribution is -2.41. The highest BCUT2D eigenvalue weighted by atomic mass is 32.2. The molecule has 5 aromatic rings. The van der Waals surface area contributed by atoms with E-state index in [1.165, 1.54) is 12.8 Å². The molecule has 0 spiro atoms. The number of nitrogens with two attached hydrogens (primary N) is 2. The molecule has 3 aliphatic rings. The quantitative estimate of drug-likeness (QED) is 0.260. The van der Waals surface area contributed by atoms with Crippen LogP contribution < -0.4 is 15.6 Å². The van der Waals surface area contributed by atoms with Crippen molar-refractivity contribution in [2.24, 2.45) is 29.8 Å². The monoisotopic (exact) mass is 639 g/mol. The zero-order valence-corrected chi connectivity index (χ0v) is 26.7. The van der Waals surface area contributed by atoms with Crippen LogP contribution in [0.3, 0.4) is 0 Å². The summed E-state index contributed by atoms with van der Waals surface area (Å²) in [5.74, 6) is 2.09. The molecule has 2 aromatic carbocycles. The van der Waals surface area contributed by atoms with Crippen molar-refractivity contribution in [3.63, 3.8) is 0 Å². The summed E-state index contributed by atoms with van der Waals surface area (Å²) in [5, 5.41) is 6.23. The summed E-state index contributed by atoms with van der Waals surface area (Å²) in [6.45, 7) is 1.53. The number of aryl methyl sites for hydroxylation is 1. The number of hydrogen-bond acceptors (Lipinski definition) is 7. The van der Waals surface area contributed by atoms with Crippen LogP contribution >= 0.6 is 0 Å². The van der Waals surface area contributed by atoms with E-state index in [9.17, 15) is 13.2 Å². The van der Waals surface area contributed by atoms with Crippen molar-refractivity contribution in [2.45, 2.75) is 50.1 Å². The molecule has 1 saturated heterocycles. The molecular weight excluding hydrogens is 602 g/mol. The van der Waals surface area contributed by atoms with Crippen LogP contribution in [0, 0.1) is 11.8 Å². The van der Waals surface area contributed by atoms with Gasteiger partial charge in [0.1, 0.15) is 16.9 Å². The van der Waals surface area contributed by atoms with E-state index >= 15 is 0 Å². The molecule has 2 bridgehead atoms. The molecule has 238 valence electrons. The van der Waals surface area contributed by atoms with Gasteiger partial charge in [0.15, 0.2) is 5.82 Å². The number of primary sulfonamides is 1. The van der Waals surface area contributed by atoms with Gasteiger partial charge in [-0.15, -0.1) is 0 Å². The lowest BCUT2D eigenvalue weighted by Gasteiger charge is -2.27. The lowest BCUT2D eigenvalue weighted by atomic mass is 10.1. The van der Waals surface area contributed by atoms with E-state index < -0.39 is 10.0 Å². The number of imidazole rings is 1. The van der Waals surface area contributed by atoms with E-state index in [0.717, 1.165) is 58.7 Å². The fraction of sp³-hybridized carbons (Fsp3) is 0.382. The number of benzene rings is 2. The Labute approximate surface area is 267 Å². The summed E-state index contributed by atoms with van der Waals surface area (Å²) >= 11 is 0. The summed E-state index contributed by atoms with van der Waals surface area (Å²) in [4.78, 5) is 25.9. The van der Waals surface area contributed by atoms with Crippen molar-refractivity contribution < 1.29 is 17.9 Å². The summed E-state index contributed by atoms with van der Waals surface area (Å²) in [5.41, 5.74) is 12.6. The Balaban J connectivity index is 1.20. The van der Waals surface area contributed by atoms with Crippen LogP contribution in [0.1, 0.15) is 41.6 Å². The third-order valence-corrected chi connectivity index (χ3v) is 10.8. The molecule has 2 aliphatic carbocycles. The van der Waals surface area contributed by atoms with Gasteiger partial charge in [-0.2, -0.15) is 0 Å². The van der Waals surface area contributed by atoms with E-state index in [0.29, 0.717) is 40.8 Å². The van der Waals surface area contributed by atoms with E-state index in [-0.39, 0.29) is 23.7 Å². The smallest absolute Gasteiger partial charge is 0.254 e. The Hall–Kier alpha value is -4.26. The second kappa shape index (κ2) is 10.6. The molecule has 3 unspecified atom stereocenters. The molecule has 2 saturated carbocycles. The first-order valence-electron chi connectivity index (χ1n) is 15.8. The largest absolute Gasteiger partial charge is 0.494 e. The van der Waals surface area contributed by atoms with Gasteiger partial charge in [0.05, 0.1) is 29.8 Å². The number of amides is 1. The van der Waals surface area contributed by atoms with Crippen molar-refractivity contribution in [1.29, 1.82) is 0 Å². The minimum atomic E-state index is -3.61. The number of hydrogen-bond donors (Lipinski definition) is 2. The highest BCUT2D eigenvalue weighted by Crippen LogP contribution is 2.40. The Morgan fingerprint density at radius 2 is 1.80 bits per heavy atom. The molecule has 3 fully saturated rings. The maximum Gasteiger partial charge on any atom is 0.254 e. The molecule has 3 atom stereocenters. The number of pyridine rings is 1. The van der Waals surface area contributed by atoms with E-state index in [1.54, 1.807) is 19.2 Å². The number of nitrogens with zero attached hydrogens (tertiary/aromatic N) is 5. The van der Waals surface area contributed by atoms with Crippen molar-refractivity contribution in [3.05, 3.63) is 65.7 Å². The highest BCUT2D eigenvalue weighted by Gasteiger charge is 2.47. The second-order valence-electron chi connectivity index (χ2n) is 13.2. The Kier molecular flexibility index (Phi) is 6.75. The summed E-state index contributed by atoms with van der Waals surface area (Å²) in [6.07, 6.45) is 4.39. The normalized spacial score (nSPS) is 21.1. The predicted molar refractivity (Wildman–Crippen MR) is 176 cm³/mol. The Morgan fingerprint density at radius 3 is 2.46 bits per heavy atom. The number of rotatable bonds is 8.